The summed E-state index contributed by atoms with van der Waals surface area (Å²) >= 11 is 6.01. The predicted octanol–water partition coefficient (Wildman–Crippen LogP) is 5.65. The molecule has 132 valence electrons. The standard InChI is InChI=1S/C21H17ClO4/c1-14-13-18(11-12-19(14)22)25-17-9-7-15(8-10-17)20(21(23)24)26-16-5-3-2-4-6-16/h2-13,20H,1H3,(H,23,24). The average molecular weight is 369 g/mol. The van der Waals surface area contributed by atoms with Crippen molar-refractivity contribution in [3.05, 3.63) is 88.9 Å². The maximum atomic E-state index is 11.6. The summed E-state index contributed by atoms with van der Waals surface area (Å²) in [5.74, 6) is 0.696. The van der Waals surface area contributed by atoms with Gasteiger partial charge in [0.25, 0.3) is 0 Å². The van der Waals surface area contributed by atoms with Gasteiger partial charge in [-0.2, -0.15) is 0 Å². The average Bonchev–Trinajstić information content (AvgIpc) is 2.64. The summed E-state index contributed by atoms with van der Waals surface area (Å²) in [5.41, 5.74) is 1.45. The van der Waals surface area contributed by atoms with E-state index in [2.05, 4.69) is 0 Å². The quantitative estimate of drug-likeness (QED) is 0.611. The van der Waals surface area contributed by atoms with Crippen LogP contribution in [0.25, 0.3) is 0 Å². The van der Waals surface area contributed by atoms with Crippen molar-refractivity contribution in [3.63, 3.8) is 0 Å². The Hall–Kier alpha value is -2.98. The lowest BCUT2D eigenvalue weighted by Gasteiger charge is -2.16. The van der Waals surface area contributed by atoms with Crippen LogP contribution in [0.3, 0.4) is 0 Å². The molecule has 0 aliphatic carbocycles. The third kappa shape index (κ3) is 4.35. The summed E-state index contributed by atoms with van der Waals surface area (Å²) in [5, 5.41) is 10.2. The Balaban J connectivity index is 1.76. The molecule has 5 heteroatoms. The van der Waals surface area contributed by atoms with Gasteiger partial charge in [0.15, 0.2) is 0 Å². The fraction of sp³-hybridized carbons (Fsp3) is 0.0952. The number of hydrogen-bond donors (Lipinski definition) is 1. The second-order valence-electron chi connectivity index (χ2n) is 5.73. The number of aryl methyl sites for hydroxylation is 1. The van der Waals surface area contributed by atoms with Crippen molar-refractivity contribution < 1.29 is 19.4 Å². The molecular formula is C21H17ClO4. The van der Waals surface area contributed by atoms with Crippen LogP contribution in [0.1, 0.15) is 17.2 Å². The largest absolute Gasteiger partial charge is 0.478 e. The van der Waals surface area contributed by atoms with Crippen LogP contribution in [0, 0.1) is 6.92 Å². The SMILES string of the molecule is Cc1cc(Oc2ccc(C(Oc3ccccc3)C(=O)O)cc2)ccc1Cl. The van der Waals surface area contributed by atoms with Crippen molar-refractivity contribution in [1.29, 1.82) is 0 Å². The summed E-state index contributed by atoms with van der Waals surface area (Å²) in [7, 11) is 0. The van der Waals surface area contributed by atoms with Crippen molar-refractivity contribution in [2.75, 3.05) is 0 Å². The molecule has 0 aliphatic rings. The van der Waals surface area contributed by atoms with Crippen molar-refractivity contribution in [1.82, 2.24) is 0 Å². The molecule has 1 unspecified atom stereocenters. The van der Waals surface area contributed by atoms with E-state index in [1.165, 1.54) is 0 Å². The van der Waals surface area contributed by atoms with E-state index in [1.54, 1.807) is 60.7 Å². The van der Waals surface area contributed by atoms with Gasteiger partial charge in [0, 0.05) is 10.6 Å². The minimum absolute atomic E-state index is 0.497. The zero-order chi connectivity index (χ0) is 18.5. The molecule has 0 bridgehead atoms. The summed E-state index contributed by atoms with van der Waals surface area (Å²) in [4.78, 5) is 11.6. The molecule has 0 fully saturated rings. The van der Waals surface area contributed by atoms with E-state index in [9.17, 15) is 9.90 Å². The first-order chi connectivity index (χ1) is 12.5. The lowest BCUT2D eigenvalue weighted by molar-refractivity contribution is -0.145. The Kier molecular flexibility index (Phi) is 5.44. The van der Waals surface area contributed by atoms with E-state index < -0.39 is 12.1 Å². The molecule has 0 saturated carbocycles. The molecule has 3 aromatic rings. The molecule has 0 saturated heterocycles. The van der Waals surface area contributed by atoms with E-state index in [1.807, 2.05) is 19.1 Å². The van der Waals surface area contributed by atoms with E-state index in [4.69, 9.17) is 21.1 Å². The highest BCUT2D eigenvalue weighted by Gasteiger charge is 2.22. The number of rotatable bonds is 6. The van der Waals surface area contributed by atoms with Crippen LogP contribution < -0.4 is 9.47 Å². The van der Waals surface area contributed by atoms with Gasteiger partial charge in [0.2, 0.25) is 6.10 Å². The van der Waals surface area contributed by atoms with Gasteiger partial charge in [-0.25, -0.2) is 4.79 Å². The van der Waals surface area contributed by atoms with Crippen molar-refractivity contribution in [2.24, 2.45) is 0 Å². The molecule has 0 aliphatic heterocycles. The normalized spacial score (nSPS) is 11.6. The zero-order valence-corrected chi connectivity index (χ0v) is 14.8. The number of aliphatic carboxylic acids is 1. The number of carbonyl (C=O) groups is 1. The van der Waals surface area contributed by atoms with Crippen LogP contribution in [-0.2, 0) is 4.79 Å². The van der Waals surface area contributed by atoms with Gasteiger partial charge in [-0.1, -0.05) is 41.9 Å². The number of carboxylic acid groups (broad SMARTS) is 1. The molecule has 3 rings (SSSR count). The summed E-state index contributed by atoms with van der Waals surface area (Å²) < 4.78 is 11.4. The molecule has 26 heavy (non-hydrogen) atoms. The highest BCUT2D eigenvalue weighted by molar-refractivity contribution is 6.31. The van der Waals surface area contributed by atoms with Gasteiger partial charge < -0.3 is 14.6 Å². The summed E-state index contributed by atoms with van der Waals surface area (Å²) in [6, 6.07) is 21.0. The molecule has 3 aromatic carbocycles. The lowest BCUT2D eigenvalue weighted by Crippen LogP contribution is -2.18. The molecule has 4 nitrogen and oxygen atoms in total. The van der Waals surface area contributed by atoms with Gasteiger partial charge in [0.05, 0.1) is 0 Å². The highest BCUT2D eigenvalue weighted by atomic mass is 35.5. The molecule has 0 aromatic heterocycles. The molecule has 0 radical (unpaired) electrons. The van der Waals surface area contributed by atoms with Gasteiger partial charge in [-0.05, 0) is 55.0 Å². The van der Waals surface area contributed by atoms with E-state index in [0.717, 1.165) is 5.56 Å². The number of benzene rings is 3. The molecule has 1 atom stereocenters. The fourth-order valence-corrected chi connectivity index (χ4v) is 2.54. The summed E-state index contributed by atoms with van der Waals surface area (Å²) in [6.45, 7) is 1.90. The lowest BCUT2D eigenvalue weighted by atomic mass is 10.1. The van der Waals surface area contributed by atoms with Crippen LogP contribution in [0.5, 0.6) is 17.2 Å². The molecule has 1 N–H and O–H groups in total. The van der Waals surface area contributed by atoms with E-state index >= 15 is 0 Å². The van der Waals surface area contributed by atoms with Gasteiger partial charge in [-0.3, -0.25) is 0 Å². The number of para-hydroxylation sites is 1. The highest BCUT2D eigenvalue weighted by Crippen LogP contribution is 2.28. The van der Waals surface area contributed by atoms with Crippen molar-refractivity contribution in [2.45, 2.75) is 13.0 Å². The smallest absolute Gasteiger partial charge is 0.349 e. The summed E-state index contributed by atoms with van der Waals surface area (Å²) in [6.07, 6.45) is -1.09. The second kappa shape index (κ2) is 7.93. The number of ether oxygens (including phenoxy) is 2. The first-order valence-corrected chi connectivity index (χ1v) is 8.39. The molecule has 0 amide bonds. The van der Waals surface area contributed by atoms with Crippen LogP contribution in [0.4, 0.5) is 0 Å². The maximum Gasteiger partial charge on any atom is 0.349 e. The van der Waals surface area contributed by atoms with Gasteiger partial charge in [0.1, 0.15) is 17.2 Å². The van der Waals surface area contributed by atoms with E-state index in [0.29, 0.717) is 27.8 Å². The van der Waals surface area contributed by atoms with Gasteiger partial charge >= 0.3 is 5.97 Å². The number of hydrogen-bond acceptors (Lipinski definition) is 3. The maximum absolute atomic E-state index is 11.6. The zero-order valence-electron chi connectivity index (χ0n) is 14.1. The van der Waals surface area contributed by atoms with Crippen LogP contribution in [0.2, 0.25) is 5.02 Å². The van der Waals surface area contributed by atoms with Crippen molar-refractivity contribution >= 4 is 17.6 Å². The first kappa shape index (κ1) is 17.8. The Labute approximate surface area is 156 Å². The molecule has 0 heterocycles. The minimum atomic E-state index is -1.09. The first-order valence-electron chi connectivity index (χ1n) is 8.01. The Morgan fingerprint density at radius 2 is 1.58 bits per heavy atom. The third-order valence-electron chi connectivity index (χ3n) is 3.77. The van der Waals surface area contributed by atoms with Crippen molar-refractivity contribution in [3.8, 4) is 17.2 Å². The third-order valence-corrected chi connectivity index (χ3v) is 4.19. The van der Waals surface area contributed by atoms with Crippen LogP contribution in [-0.4, -0.2) is 11.1 Å². The van der Waals surface area contributed by atoms with E-state index in [-0.39, 0.29) is 0 Å². The minimum Gasteiger partial charge on any atom is -0.478 e. The Morgan fingerprint density at radius 3 is 2.19 bits per heavy atom. The fourth-order valence-electron chi connectivity index (χ4n) is 2.42. The molecule has 0 spiro atoms. The Bertz CT molecular complexity index is 892. The monoisotopic (exact) mass is 368 g/mol. The van der Waals surface area contributed by atoms with Gasteiger partial charge in [-0.15, -0.1) is 0 Å². The Morgan fingerprint density at radius 1 is 0.923 bits per heavy atom. The van der Waals surface area contributed by atoms with Crippen LogP contribution >= 0.6 is 11.6 Å². The predicted molar refractivity (Wildman–Crippen MR) is 100 cm³/mol. The second-order valence-corrected chi connectivity index (χ2v) is 6.14. The molecular weight excluding hydrogens is 352 g/mol. The number of halogens is 1. The van der Waals surface area contributed by atoms with Crippen LogP contribution in [0.15, 0.2) is 72.8 Å². The topological polar surface area (TPSA) is 55.8 Å². The number of carboxylic acids is 1.